The van der Waals surface area contributed by atoms with Gasteiger partial charge in [0.2, 0.25) is 5.91 Å². The van der Waals surface area contributed by atoms with Crippen LogP contribution in [-0.4, -0.2) is 21.3 Å². The summed E-state index contributed by atoms with van der Waals surface area (Å²) in [5.74, 6) is -0.115. The van der Waals surface area contributed by atoms with Gasteiger partial charge < -0.3 is 0 Å². The van der Waals surface area contributed by atoms with Crippen LogP contribution in [0.5, 0.6) is 0 Å². The first-order valence-corrected chi connectivity index (χ1v) is 8.60. The maximum absolute atomic E-state index is 12.5. The number of aryl methyl sites for hydroxylation is 1. The Hall–Kier alpha value is -1.78. The first kappa shape index (κ1) is 16.1. The lowest BCUT2D eigenvalue weighted by atomic mass is 10.1. The van der Waals surface area contributed by atoms with Crippen molar-refractivity contribution in [2.75, 3.05) is 0 Å². The molecule has 0 bridgehead atoms. The number of thioether (sulfide) groups is 1. The molecule has 0 spiro atoms. The Bertz CT molecular complexity index is 728. The van der Waals surface area contributed by atoms with Gasteiger partial charge in [-0.1, -0.05) is 65.3 Å². The Balaban J connectivity index is 1.69. The number of amides is 2. The number of nitrogens with zero attached hydrogens (tertiary/aromatic N) is 1. The van der Waals surface area contributed by atoms with Crippen LogP contribution < -0.4 is 0 Å². The molecule has 23 heavy (non-hydrogen) atoms. The van der Waals surface area contributed by atoms with Gasteiger partial charge in [-0.3, -0.25) is 14.5 Å². The highest BCUT2D eigenvalue weighted by Crippen LogP contribution is 2.31. The van der Waals surface area contributed by atoms with E-state index in [-0.39, 0.29) is 16.4 Å². The van der Waals surface area contributed by atoms with Gasteiger partial charge in [0, 0.05) is 5.02 Å². The topological polar surface area (TPSA) is 37.4 Å². The summed E-state index contributed by atoms with van der Waals surface area (Å²) in [7, 11) is 0. The molecular formula is C18H16ClNO2S. The lowest BCUT2D eigenvalue weighted by Crippen LogP contribution is -2.31. The Labute approximate surface area is 144 Å². The number of imide groups is 1. The molecule has 118 valence electrons. The van der Waals surface area contributed by atoms with Crippen molar-refractivity contribution < 1.29 is 9.59 Å². The molecule has 2 aromatic carbocycles. The van der Waals surface area contributed by atoms with E-state index in [1.807, 2.05) is 43.3 Å². The molecule has 1 aliphatic heterocycles. The van der Waals surface area contributed by atoms with E-state index in [0.29, 0.717) is 18.0 Å². The molecule has 1 saturated heterocycles. The molecule has 5 heteroatoms. The first-order chi connectivity index (χ1) is 11.0. The average molecular weight is 346 g/mol. The Morgan fingerprint density at radius 2 is 1.61 bits per heavy atom. The van der Waals surface area contributed by atoms with Crippen LogP contribution in [0.3, 0.4) is 0 Å². The van der Waals surface area contributed by atoms with Gasteiger partial charge in [-0.25, -0.2) is 0 Å². The largest absolute Gasteiger partial charge is 0.289 e. The fourth-order valence-electron chi connectivity index (χ4n) is 2.48. The number of rotatable bonds is 4. The number of carbonyl (C=O) groups excluding carboxylic acids is 2. The molecule has 2 amide bonds. The monoisotopic (exact) mass is 345 g/mol. The molecule has 1 fully saturated rings. The number of carbonyl (C=O) groups is 2. The summed E-state index contributed by atoms with van der Waals surface area (Å²) in [6, 6.07) is 15.3. The summed E-state index contributed by atoms with van der Waals surface area (Å²) >= 11 is 6.97. The molecule has 3 rings (SSSR count). The third-order valence-electron chi connectivity index (χ3n) is 3.80. The van der Waals surface area contributed by atoms with Crippen LogP contribution in [0, 0.1) is 6.92 Å². The zero-order chi connectivity index (χ0) is 16.4. The van der Waals surface area contributed by atoms with E-state index in [1.54, 1.807) is 12.1 Å². The normalized spacial score (nSPS) is 17.8. The second kappa shape index (κ2) is 6.77. The second-order valence-electron chi connectivity index (χ2n) is 5.61. The van der Waals surface area contributed by atoms with Crippen molar-refractivity contribution in [1.29, 1.82) is 0 Å². The molecule has 1 atom stereocenters. The molecule has 0 saturated carbocycles. The van der Waals surface area contributed by atoms with Gasteiger partial charge in [0.25, 0.3) is 5.24 Å². The van der Waals surface area contributed by atoms with Crippen molar-refractivity contribution in [1.82, 2.24) is 4.90 Å². The Kier molecular flexibility index (Phi) is 4.74. The van der Waals surface area contributed by atoms with E-state index >= 15 is 0 Å². The molecule has 3 nitrogen and oxygen atoms in total. The Morgan fingerprint density at radius 1 is 1.00 bits per heavy atom. The SMILES string of the molecule is Cc1ccc(C[C@@H]2SC(=O)N(Cc3ccc(Cl)cc3)C2=O)cc1. The number of hydrogen-bond donors (Lipinski definition) is 0. The smallest absolute Gasteiger partial charge is 0.273 e. The van der Waals surface area contributed by atoms with Crippen molar-refractivity contribution in [2.24, 2.45) is 0 Å². The van der Waals surface area contributed by atoms with Gasteiger partial charge in [0.1, 0.15) is 0 Å². The second-order valence-corrected chi connectivity index (χ2v) is 7.20. The third kappa shape index (κ3) is 3.77. The quantitative estimate of drug-likeness (QED) is 0.821. The van der Waals surface area contributed by atoms with Gasteiger partial charge in [-0.15, -0.1) is 0 Å². The lowest BCUT2D eigenvalue weighted by Gasteiger charge is -2.14. The van der Waals surface area contributed by atoms with Crippen molar-refractivity contribution in [3.05, 3.63) is 70.2 Å². The number of hydrogen-bond acceptors (Lipinski definition) is 3. The molecule has 0 N–H and O–H groups in total. The van der Waals surface area contributed by atoms with Crippen molar-refractivity contribution in [2.45, 2.75) is 25.1 Å². The van der Waals surface area contributed by atoms with Gasteiger partial charge in [-0.2, -0.15) is 0 Å². The predicted molar refractivity (Wildman–Crippen MR) is 93.7 cm³/mol. The summed E-state index contributed by atoms with van der Waals surface area (Å²) in [6.07, 6.45) is 0.576. The van der Waals surface area contributed by atoms with Crippen LogP contribution in [0.25, 0.3) is 0 Å². The van der Waals surface area contributed by atoms with Crippen molar-refractivity contribution in [3.8, 4) is 0 Å². The number of benzene rings is 2. The zero-order valence-corrected chi connectivity index (χ0v) is 14.2. The highest BCUT2D eigenvalue weighted by molar-refractivity contribution is 8.15. The summed E-state index contributed by atoms with van der Waals surface area (Å²) in [6.45, 7) is 2.32. The molecule has 0 unspecified atom stereocenters. The van der Waals surface area contributed by atoms with Gasteiger partial charge in [0.05, 0.1) is 11.8 Å². The molecule has 0 aromatic heterocycles. The zero-order valence-electron chi connectivity index (χ0n) is 12.7. The summed E-state index contributed by atoms with van der Waals surface area (Å²) in [5.41, 5.74) is 3.15. The Morgan fingerprint density at radius 3 is 2.26 bits per heavy atom. The minimum Gasteiger partial charge on any atom is -0.273 e. The maximum Gasteiger partial charge on any atom is 0.289 e. The van der Waals surface area contributed by atoms with E-state index in [2.05, 4.69) is 0 Å². The summed E-state index contributed by atoms with van der Waals surface area (Å²) in [5, 5.41) is 0.124. The standard InChI is InChI=1S/C18H16ClNO2S/c1-12-2-4-13(5-3-12)10-16-17(21)20(18(22)23-16)11-14-6-8-15(19)9-7-14/h2-9,16H,10-11H2,1H3/t16-/m0/s1. The lowest BCUT2D eigenvalue weighted by molar-refractivity contribution is -0.127. The first-order valence-electron chi connectivity index (χ1n) is 7.35. The van der Waals surface area contributed by atoms with Gasteiger partial charge in [-0.05, 0) is 36.6 Å². The molecule has 1 aliphatic rings. The van der Waals surface area contributed by atoms with Crippen LogP contribution in [-0.2, 0) is 17.8 Å². The van der Waals surface area contributed by atoms with Crippen LogP contribution in [0.4, 0.5) is 4.79 Å². The van der Waals surface area contributed by atoms with Gasteiger partial charge in [0.15, 0.2) is 0 Å². The van der Waals surface area contributed by atoms with Gasteiger partial charge >= 0.3 is 0 Å². The molecule has 1 heterocycles. The van der Waals surface area contributed by atoms with Crippen LogP contribution >= 0.6 is 23.4 Å². The summed E-state index contributed by atoms with van der Waals surface area (Å²) in [4.78, 5) is 26.0. The summed E-state index contributed by atoms with van der Waals surface area (Å²) < 4.78 is 0. The molecule has 0 radical (unpaired) electrons. The molecular weight excluding hydrogens is 330 g/mol. The van der Waals surface area contributed by atoms with Crippen molar-refractivity contribution in [3.63, 3.8) is 0 Å². The predicted octanol–water partition coefficient (Wildman–Crippen LogP) is 4.46. The van der Waals surface area contributed by atoms with Crippen LogP contribution in [0.1, 0.15) is 16.7 Å². The van der Waals surface area contributed by atoms with E-state index in [4.69, 9.17) is 11.6 Å². The highest BCUT2D eigenvalue weighted by Gasteiger charge is 2.39. The minimum atomic E-state index is -0.336. The average Bonchev–Trinajstić information content (AvgIpc) is 2.79. The maximum atomic E-state index is 12.5. The van der Waals surface area contributed by atoms with E-state index in [1.165, 1.54) is 10.5 Å². The van der Waals surface area contributed by atoms with E-state index in [9.17, 15) is 9.59 Å². The van der Waals surface area contributed by atoms with E-state index in [0.717, 1.165) is 22.9 Å². The van der Waals surface area contributed by atoms with E-state index < -0.39 is 0 Å². The number of halogens is 1. The van der Waals surface area contributed by atoms with Crippen LogP contribution in [0.2, 0.25) is 5.02 Å². The fraction of sp³-hybridized carbons (Fsp3) is 0.222. The molecule has 0 aliphatic carbocycles. The third-order valence-corrected chi connectivity index (χ3v) is 5.13. The van der Waals surface area contributed by atoms with Crippen molar-refractivity contribution >= 4 is 34.5 Å². The van der Waals surface area contributed by atoms with Crippen LogP contribution in [0.15, 0.2) is 48.5 Å². The minimum absolute atomic E-state index is 0.115. The highest BCUT2D eigenvalue weighted by atomic mass is 35.5. The fourth-order valence-corrected chi connectivity index (χ4v) is 3.64. The molecule has 2 aromatic rings.